The molecule has 0 aromatic carbocycles. The number of nitrogens with one attached hydrogen (secondary N) is 1. The van der Waals surface area contributed by atoms with Gasteiger partial charge < -0.3 is 5.73 Å². The molecule has 0 aliphatic carbocycles. The summed E-state index contributed by atoms with van der Waals surface area (Å²) < 4.78 is 28.2. The molecule has 19 heavy (non-hydrogen) atoms. The summed E-state index contributed by atoms with van der Waals surface area (Å²) in [6, 6.07) is 5.30. The van der Waals surface area contributed by atoms with Gasteiger partial charge in [0.2, 0.25) is 10.0 Å². The average Bonchev–Trinajstić information content (AvgIpc) is 2.63. The molecule has 0 saturated carbocycles. The van der Waals surface area contributed by atoms with Gasteiger partial charge in [-0.25, -0.2) is 13.1 Å². The van der Waals surface area contributed by atoms with Gasteiger partial charge in [0.1, 0.15) is 10.7 Å². The van der Waals surface area contributed by atoms with Gasteiger partial charge in [-0.2, -0.15) is 5.10 Å². The van der Waals surface area contributed by atoms with Crippen molar-refractivity contribution in [3.8, 4) is 0 Å². The van der Waals surface area contributed by atoms with Crippen LogP contribution >= 0.6 is 0 Å². The Morgan fingerprint density at radius 1 is 1.42 bits per heavy atom. The number of rotatable bonds is 4. The van der Waals surface area contributed by atoms with Gasteiger partial charge in [0.15, 0.2) is 0 Å². The molecule has 2 rings (SSSR count). The molecule has 0 spiro atoms. The van der Waals surface area contributed by atoms with Gasteiger partial charge in [-0.05, 0) is 19.1 Å². The molecule has 8 heteroatoms. The third-order valence-corrected chi connectivity index (χ3v) is 4.21. The third kappa shape index (κ3) is 2.74. The van der Waals surface area contributed by atoms with Crippen LogP contribution in [0, 0.1) is 6.92 Å². The van der Waals surface area contributed by atoms with Crippen molar-refractivity contribution in [2.45, 2.75) is 18.4 Å². The summed E-state index contributed by atoms with van der Waals surface area (Å²) >= 11 is 0. The fraction of sp³-hybridized carbons (Fsp3) is 0.273. The standard InChI is InChI=1S/C11H15N5O2S/c1-8-10(11(12)16(2)15-8)19(17,18)14-7-9-5-3-4-6-13-9/h3-6,14H,7,12H2,1-2H3. The third-order valence-electron chi connectivity index (χ3n) is 2.65. The lowest BCUT2D eigenvalue weighted by Crippen LogP contribution is -2.25. The van der Waals surface area contributed by atoms with Crippen LogP contribution in [0.1, 0.15) is 11.4 Å². The van der Waals surface area contributed by atoms with E-state index in [-0.39, 0.29) is 17.3 Å². The van der Waals surface area contributed by atoms with Crippen molar-refractivity contribution in [3.63, 3.8) is 0 Å². The zero-order valence-electron chi connectivity index (χ0n) is 10.7. The number of hydrogen-bond acceptors (Lipinski definition) is 5. The number of anilines is 1. The first-order chi connectivity index (χ1) is 8.92. The summed E-state index contributed by atoms with van der Waals surface area (Å²) in [4.78, 5) is 4.07. The summed E-state index contributed by atoms with van der Waals surface area (Å²) in [6.07, 6.45) is 1.60. The molecule has 3 N–H and O–H groups in total. The second-order valence-electron chi connectivity index (χ2n) is 4.07. The normalized spacial score (nSPS) is 11.7. The highest BCUT2D eigenvalue weighted by Gasteiger charge is 2.24. The molecule has 0 aliphatic rings. The first kappa shape index (κ1) is 13.5. The molecule has 7 nitrogen and oxygen atoms in total. The Hall–Kier alpha value is -1.93. The minimum atomic E-state index is -3.70. The van der Waals surface area contributed by atoms with Crippen molar-refractivity contribution < 1.29 is 8.42 Å². The Labute approximate surface area is 111 Å². The molecule has 2 aromatic heterocycles. The van der Waals surface area contributed by atoms with Crippen LogP contribution in [0.5, 0.6) is 0 Å². The Kier molecular flexibility index (Phi) is 3.54. The smallest absolute Gasteiger partial charge is 0.246 e. The van der Waals surface area contributed by atoms with Gasteiger partial charge in [-0.1, -0.05) is 6.07 Å². The van der Waals surface area contributed by atoms with Crippen molar-refractivity contribution in [1.29, 1.82) is 0 Å². The summed E-state index contributed by atoms with van der Waals surface area (Å²) in [5, 5.41) is 3.99. The number of pyridine rings is 1. The molecule has 0 fully saturated rings. The molecule has 2 aromatic rings. The van der Waals surface area contributed by atoms with E-state index in [2.05, 4.69) is 14.8 Å². The maximum atomic E-state index is 12.2. The zero-order valence-corrected chi connectivity index (χ0v) is 11.5. The second kappa shape index (κ2) is 4.98. The quantitative estimate of drug-likeness (QED) is 0.832. The average molecular weight is 281 g/mol. The first-order valence-corrected chi connectivity index (χ1v) is 7.09. The predicted octanol–water partition coefficient (Wildman–Crippen LogP) is 0.184. The minimum absolute atomic E-state index is 0.0194. The van der Waals surface area contributed by atoms with Gasteiger partial charge in [-0.15, -0.1) is 0 Å². The van der Waals surface area contributed by atoms with E-state index in [4.69, 9.17) is 5.73 Å². The molecular formula is C11H15N5O2S. The van der Waals surface area contributed by atoms with Crippen molar-refractivity contribution in [2.24, 2.45) is 7.05 Å². The van der Waals surface area contributed by atoms with E-state index in [0.717, 1.165) is 0 Å². The van der Waals surface area contributed by atoms with Crippen molar-refractivity contribution in [3.05, 3.63) is 35.8 Å². The molecule has 102 valence electrons. The van der Waals surface area contributed by atoms with Crippen molar-refractivity contribution in [1.82, 2.24) is 19.5 Å². The predicted molar refractivity (Wildman–Crippen MR) is 70.6 cm³/mol. The van der Waals surface area contributed by atoms with Crippen LogP contribution in [0.4, 0.5) is 5.82 Å². The Morgan fingerprint density at radius 3 is 2.68 bits per heavy atom. The van der Waals surface area contributed by atoms with Crippen molar-refractivity contribution in [2.75, 3.05) is 5.73 Å². The zero-order chi connectivity index (χ0) is 14.0. The lowest BCUT2D eigenvalue weighted by Gasteiger charge is -2.06. The highest BCUT2D eigenvalue weighted by molar-refractivity contribution is 7.89. The van der Waals surface area contributed by atoms with Crippen LogP contribution in [0.25, 0.3) is 0 Å². The number of aryl methyl sites for hydroxylation is 2. The van der Waals surface area contributed by atoms with Crippen LogP contribution in [-0.2, 0) is 23.6 Å². The van der Waals surface area contributed by atoms with E-state index in [9.17, 15) is 8.42 Å². The monoisotopic (exact) mass is 281 g/mol. The van der Waals surface area contributed by atoms with E-state index in [1.807, 2.05) is 0 Å². The number of sulfonamides is 1. The van der Waals surface area contributed by atoms with Gasteiger partial charge in [-0.3, -0.25) is 9.67 Å². The summed E-state index contributed by atoms with van der Waals surface area (Å²) in [5.41, 5.74) is 6.72. The van der Waals surface area contributed by atoms with E-state index < -0.39 is 10.0 Å². The maximum Gasteiger partial charge on any atom is 0.246 e. The Balaban J connectivity index is 2.24. The van der Waals surface area contributed by atoms with Crippen LogP contribution in [0.15, 0.2) is 29.3 Å². The van der Waals surface area contributed by atoms with Gasteiger partial charge in [0.05, 0.1) is 17.9 Å². The highest BCUT2D eigenvalue weighted by Crippen LogP contribution is 2.21. The van der Waals surface area contributed by atoms with E-state index in [0.29, 0.717) is 11.4 Å². The van der Waals surface area contributed by atoms with Gasteiger partial charge in [0.25, 0.3) is 0 Å². The first-order valence-electron chi connectivity index (χ1n) is 5.60. The molecule has 0 radical (unpaired) electrons. The fourth-order valence-electron chi connectivity index (χ4n) is 1.73. The number of nitrogens with zero attached hydrogens (tertiary/aromatic N) is 3. The number of nitrogen functional groups attached to an aromatic ring is 1. The Bertz CT molecular complexity index is 679. The molecule has 0 unspecified atom stereocenters. The molecule has 0 atom stereocenters. The van der Waals surface area contributed by atoms with Crippen molar-refractivity contribution >= 4 is 15.8 Å². The van der Waals surface area contributed by atoms with Crippen LogP contribution in [0.2, 0.25) is 0 Å². The van der Waals surface area contributed by atoms with Crippen LogP contribution in [0.3, 0.4) is 0 Å². The van der Waals surface area contributed by atoms with Gasteiger partial charge >= 0.3 is 0 Å². The largest absolute Gasteiger partial charge is 0.383 e. The van der Waals surface area contributed by atoms with E-state index >= 15 is 0 Å². The number of nitrogens with two attached hydrogens (primary N) is 1. The molecule has 2 heterocycles. The molecule has 0 aliphatic heterocycles. The molecule has 0 amide bonds. The lowest BCUT2D eigenvalue weighted by atomic mass is 10.4. The summed E-state index contributed by atoms with van der Waals surface area (Å²) in [6.45, 7) is 1.71. The highest BCUT2D eigenvalue weighted by atomic mass is 32.2. The van der Waals surface area contributed by atoms with Gasteiger partial charge in [0, 0.05) is 13.2 Å². The summed E-state index contributed by atoms with van der Waals surface area (Å²) in [5.74, 6) is 0.117. The topological polar surface area (TPSA) is 103 Å². The SMILES string of the molecule is Cc1nn(C)c(N)c1S(=O)(=O)NCc1ccccn1. The molecule has 0 bridgehead atoms. The number of aromatic nitrogens is 3. The van der Waals surface area contributed by atoms with Crippen LogP contribution < -0.4 is 10.5 Å². The van der Waals surface area contributed by atoms with E-state index in [1.54, 1.807) is 38.4 Å². The minimum Gasteiger partial charge on any atom is -0.383 e. The Morgan fingerprint density at radius 2 is 2.16 bits per heavy atom. The number of hydrogen-bond donors (Lipinski definition) is 2. The fourth-order valence-corrected chi connectivity index (χ4v) is 3.05. The molecular weight excluding hydrogens is 266 g/mol. The summed E-state index contributed by atoms with van der Waals surface area (Å²) in [7, 11) is -2.10. The second-order valence-corrected chi connectivity index (χ2v) is 5.77. The molecule has 0 saturated heterocycles. The maximum absolute atomic E-state index is 12.2. The lowest BCUT2D eigenvalue weighted by molar-refractivity contribution is 0.580. The van der Waals surface area contributed by atoms with E-state index in [1.165, 1.54) is 4.68 Å². The van der Waals surface area contributed by atoms with Crippen LogP contribution in [-0.4, -0.2) is 23.2 Å².